The summed E-state index contributed by atoms with van der Waals surface area (Å²) in [5.41, 5.74) is 1.87. The van der Waals surface area contributed by atoms with Crippen molar-refractivity contribution in [3.05, 3.63) is 28.8 Å². The molecule has 1 aromatic carbocycles. The highest BCUT2D eigenvalue weighted by molar-refractivity contribution is 6.31. The zero-order valence-corrected chi connectivity index (χ0v) is 16.0. The summed E-state index contributed by atoms with van der Waals surface area (Å²) >= 11 is 6.14. The predicted octanol–water partition coefficient (Wildman–Crippen LogP) is 4.05. The molecule has 4 rings (SSSR count). The van der Waals surface area contributed by atoms with Crippen LogP contribution in [-0.4, -0.2) is 47.4 Å². The first kappa shape index (κ1) is 17.7. The summed E-state index contributed by atoms with van der Waals surface area (Å²) in [5.74, 6) is 0.328. The molecule has 5 nitrogen and oxygen atoms in total. The number of piperidine rings is 2. The molecule has 1 saturated carbocycles. The largest absolute Gasteiger partial charge is 0.339 e. The Labute approximate surface area is 159 Å². The molecular formula is C20H26ClN3O2. The first-order valence-electron chi connectivity index (χ1n) is 9.58. The fourth-order valence-corrected chi connectivity index (χ4v) is 4.47. The number of nitrogens with one attached hydrogen (secondary N) is 1. The van der Waals surface area contributed by atoms with Crippen molar-refractivity contribution in [2.24, 2.45) is 5.41 Å². The molecule has 3 fully saturated rings. The lowest BCUT2D eigenvalue weighted by atomic mass is 9.72. The molecule has 1 spiro atoms. The second kappa shape index (κ2) is 6.76. The average molecular weight is 376 g/mol. The molecule has 0 bridgehead atoms. The standard InChI is InChI=1S/C20H26ClN3O2/c1-14-16(21)3-2-4-17(14)22-19(26)23-11-9-20(10-12-23)8-7-18(25)24(13-20)15-5-6-15/h2-4,15H,5-13H2,1H3,(H,22,26). The number of amides is 3. The molecule has 3 amide bonds. The van der Waals surface area contributed by atoms with Crippen LogP contribution >= 0.6 is 11.6 Å². The number of rotatable bonds is 2. The van der Waals surface area contributed by atoms with Crippen LogP contribution in [0.2, 0.25) is 5.02 Å². The van der Waals surface area contributed by atoms with Crippen molar-refractivity contribution in [3.8, 4) is 0 Å². The summed E-state index contributed by atoms with van der Waals surface area (Å²) in [6.45, 7) is 4.30. The Kier molecular flexibility index (Phi) is 4.59. The number of anilines is 1. The molecule has 1 aromatic rings. The van der Waals surface area contributed by atoms with Gasteiger partial charge in [-0.3, -0.25) is 4.79 Å². The molecule has 26 heavy (non-hydrogen) atoms. The number of urea groups is 1. The van der Waals surface area contributed by atoms with Gasteiger partial charge in [-0.25, -0.2) is 4.79 Å². The van der Waals surface area contributed by atoms with E-state index in [-0.39, 0.29) is 11.4 Å². The van der Waals surface area contributed by atoms with E-state index in [9.17, 15) is 9.59 Å². The normalized spacial score (nSPS) is 22.6. The zero-order valence-electron chi connectivity index (χ0n) is 15.3. The Balaban J connectivity index is 1.36. The third-order valence-corrected chi connectivity index (χ3v) is 6.71. The maximum absolute atomic E-state index is 12.6. The topological polar surface area (TPSA) is 52.7 Å². The third-order valence-electron chi connectivity index (χ3n) is 6.30. The van der Waals surface area contributed by atoms with E-state index in [4.69, 9.17) is 11.6 Å². The Morgan fingerprint density at radius 3 is 2.65 bits per heavy atom. The molecule has 3 aliphatic rings. The van der Waals surface area contributed by atoms with Crippen molar-refractivity contribution in [3.63, 3.8) is 0 Å². The molecule has 0 atom stereocenters. The van der Waals surface area contributed by atoms with E-state index in [0.717, 1.165) is 63.0 Å². The fraction of sp³-hybridized carbons (Fsp3) is 0.600. The van der Waals surface area contributed by atoms with Gasteiger partial charge >= 0.3 is 6.03 Å². The summed E-state index contributed by atoms with van der Waals surface area (Å²) in [7, 11) is 0. The van der Waals surface area contributed by atoms with E-state index < -0.39 is 0 Å². The van der Waals surface area contributed by atoms with Gasteiger partial charge in [0.2, 0.25) is 5.91 Å². The molecule has 1 N–H and O–H groups in total. The van der Waals surface area contributed by atoms with Crippen LogP contribution in [0, 0.1) is 12.3 Å². The molecule has 0 aromatic heterocycles. The molecular weight excluding hydrogens is 350 g/mol. The smallest absolute Gasteiger partial charge is 0.321 e. The first-order chi connectivity index (χ1) is 12.5. The SMILES string of the molecule is Cc1c(Cl)cccc1NC(=O)N1CCC2(CCC(=O)N(C3CC3)C2)CC1. The summed E-state index contributed by atoms with van der Waals surface area (Å²) < 4.78 is 0. The van der Waals surface area contributed by atoms with Gasteiger partial charge in [-0.2, -0.15) is 0 Å². The quantitative estimate of drug-likeness (QED) is 0.847. The second-order valence-corrected chi connectivity index (χ2v) is 8.49. The summed E-state index contributed by atoms with van der Waals surface area (Å²) in [4.78, 5) is 28.8. The number of halogens is 1. The van der Waals surface area contributed by atoms with E-state index in [2.05, 4.69) is 10.2 Å². The van der Waals surface area contributed by atoms with Crippen molar-refractivity contribution in [2.75, 3.05) is 25.0 Å². The molecule has 2 aliphatic heterocycles. The minimum absolute atomic E-state index is 0.0591. The number of likely N-dealkylation sites (tertiary alicyclic amines) is 2. The fourth-order valence-electron chi connectivity index (χ4n) is 4.29. The van der Waals surface area contributed by atoms with Crippen LogP contribution in [0.3, 0.4) is 0 Å². The number of hydrogen-bond acceptors (Lipinski definition) is 2. The third kappa shape index (κ3) is 3.41. The second-order valence-electron chi connectivity index (χ2n) is 8.08. The monoisotopic (exact) mass is 375 g/mol. The molecule has 6 heteroatoms. The number of benzene rings is 1. The lowest BCUT2D eigenvalue weighted by molar-refractivity contribution is -0.139. The van der Waals surface area contributed by atoms with E-state index in [1.54, 1.807) is 0 Å². The van der Waals surface area contributed by atoms with E-state index in [0.29, 0.717) is 23.4 Å². The van der Waals surface area contributed by atoms with E-state index in [1.165, 1.54) is 0 Å². The van der Waals surface area contributed by atoms with Crippen LogP contribution in [0.15, 0.2) is 18.2 Å². The minimum Gasteiger partial charge on any atom is -0.339 e. The highest BCUT2D eigenvalue weighted by atomic mass is 35.5. The van der Waals surface area contributed by atoms with E-state index >= 15 is 0 Å². The lowest BCUT2D eigenvalue weighted by Gasteiger charge is -2.47. The van der Waals surface area contributed by atoms with Gasteiger partial charge in [0.05, 0.1) is 0 Å². The van der Waals surface area contributed by atoms with Crippen LogP contribution in [0.4, 0.5) is 10.5 Å². The van der Waals surface area contributed by atoms with Gasteiger partial charge < -0.3 is 15.1 Å². The summed E-state index contributed by atoms with van der Waals surface area (Å²) in [6.07, 6.45) is 5.92. The van der Waals surface area contributed by atoms with Gasteiger partial charge in [-0.05, 0) is 62.1 Å². The molecule has 0 radical (unpaired) electrons. The van der Waals surface area contributed by atoms with Gasteiger partial charge in [0.25, 0.3) is 0 Å². The average Bonchev–Trinajstić information content (AvgIpc) is 3.47. The van der Waals surface area contributed by atoms with Gasteiger partial charge in [-0.1, -0.05) is 17.7 Å². The van der Waals surface area contributed by atoms with E-state index in [1.807, 2.05) is 30.0 Å². The highest BCUT2D eigenvalue weighted by Gasteiger charge is 2.45. The number of carbonyl (C=O) groups excluding carboxylic acids is 2. The molecule has 140 valence electrons. The van der Waals surface area contributed by atoms with Gasteiger partial charge in [0.15, 0.2) is 0 Å². The first-order valence-corrected chi connectivity index (χ1v) is 9.96. The maximum Gasteiger partial charge on any atom is 0.321 e. The van der Waals surface area contributed by atoms with Crippen LogP contribution in [0.1, 0.15) is 44.1 Å². The molecule has 0 unspecified atom stereocenters. The number of nitrogens with zero attached hydrogens (tertiary/aromatic N) is 2. The predicted molar refractivity (Wildman–Crippen MR) is 102 cm³/mol. The van der Waals surface area contributed by atoms with Crippen LogP contribution in [0.5, 0.6) is 0 Å². The summed E-state index contributed by atoms with van der Waals surface area (Å²) in [5, 5.41) is 3.65. The Bertz CT molecular complexity index is 724. The zero-order chi connectivity index (χ0) is 18.3. The van der Waals surface area contributed by atoms with Crippen molar-refractivity contribution in [1.82, 2.24) is 9.80 Å². The Morgan fingerprint density at radius 1 is 1.23 bits per heavy atom. The maximum atomic E-state index is 12.6. The van der Waals surface area contributed by atoms with Crippen LogP contribution in [0.25, 0.3) is 0 Å². The minimum atomic E-state index is -0.0591. The highest BCUT2D eigenvalue weighted by Crippen LogP contribution is 2.43. The summed E-state index contributed by atoms with van der Waals surface area (Å²) in [6, 6.07) is 5.99. The number of carbonyl (C=O) groups is 2. The molecule has 2 heterocycles. The van der Waals surface area contributed by atoms with Crippen molar-refractivity contribution in [1.29, 1.82) is 0 Å². The molecule has 2 saturated heterocycles. The van der Waals surface area contributed by atoms with Crippen molar-refractivity contribution >= 4 is 29.2 Å². The Hall–Kier alpha value is -1.75. The number of hydrogen-bond donors (Lipinski definition) is 1. The Morgan fingerprint density at radius 2 is 1.96 bits per heavy atom. The van der Waals surface area contributed by atoms with Gasteiger partial charge in [-0.15, -0.1) is 0 Å². The van der Waals surface area contributed by atoms with Crippen LogP contribution in [-0.2, 0) is 4.79 Å². The molecule has 1 aliphatic carbocycles. The lowest BCUT2D eigenvalue weighted by Crippen LogP contribution is -2.53. The van der Waals surface area contributed by atoms with Gasteiger partial charge in [0, 0.05) is 42.8 Å². The van der Waals surface area contributed by atoms with Gasteiger partial charge in [0.1, 0.15) is 0 Å². The van der Waals surface area contributed by atoms with Crippen molar-refractivity contribution in [2.45, 2.75) is 51.5 Å². The van der Waals surface area contributed by atoms with Crippen molar-refractivity contribution < 1.29 is 9.59 Å². The van der Waals surface area contributed by atoms with Crippen LogP contribution < -0.4 is 5.32 Å².